The molecule has 0 saturated carbocycles. The van der Waals surface area contributed by atoms with Crippen LogP contribution in [0.5, 0.6) is 0 Å². The van der Waals surface area contributed by atoms with E-state index in [2.05, 4.69) is 45.7 Å². The Bertz CT molecular complexity index is 211. The minimum atomic E-state index is 1.18. The van der Waals surface area contributed by atoms with Crippen LogP contribution in [0.15, 0.2) is 56.1 Å². The Morgan fingerprint density at radius 1 is 1.13 bits per heavy atom. The first-order valence-electron chi connectivity index (χ1n) is 5.43. The summed E-state index contributed by atoms with van der Waals surface area (Å²) in [5, 5.41) is 0. The van der Waals surface area contributed by atoms with Gasteiger partial charge in [-0.15, -0.1) is 19.7 Å². The highest BCUT2D eigenvalue weighted by atomic mass is 13.8. The van der Waals surface area contributed by atoms with Crippen LogP contribution in [0.25, 0.3) is 0 Å². The molecule has 0 heteroatoms. The van der Waals surface area contributed by atoms with Gasteiger partial charge in [-0.1, -0.05) is 61.7 Å². The quantitative estimate of drug-likeness (QED) is 0.471. The summed E-state index contributed by atoms with van der Waals surface area (Å²) in [4.78, 5) is 0. The number of unbranched alkanes of at least 4 members (excludes halogenated alkanes) is 2. The van der Waals surface area contributed by atoms with Crippen LogP contribution < -0.4 is 0 Å². The second-order valence-electron chi connectivity index (χ2n) is 3.09. The Kier molecular flexibility index (Phi) is 16.3. The Hall–Kier alpha value is -1.30. The lowest BCUT2D eigenvalue weighted by Crippen LogP contribution is -1.62. The first-order valence-corrected chi connectivity index (χ1v) is 5.43. The molecule has 1 aromatic carbocycles. The van der Waals surface area contributed by atoms with Crippen molar-refractivity contribution in [2.24, 2.45) is 0 Å². The van der Waals surface area contributed by atoms with Crippen molar-refractivity contribution in [2.45, 2.75) is 33.1 Å². The van der Waals surface area contributed by atoms with E-state index >= 15 is 0 Å². The van der Waals surface area contributed by atoms with Gasteiger partial charge in [-0.05, 0) is 13.3 Å². The summed E-state index contributed by atoms with van der Waals surface area (Å²) >= 11 is 0. The minimum absolute atomic E-state index is 1.18. The van der Waals surface area contributed by atoms with E-state index in [-0.39, 0.29) is 0 Å². The van der Waals surface area contributed by atoms with E-state index in [4.69, 9.17) is 0 Å². The molecule has 1 rings (SSSR count). The van der Waals surface area contributed by atoms with Crippen molar-refractivity contribution >= 4 is 0 Å². The summed E-state index contributed by atoms with van der Waals surface area (Å²) < 4.78 is 0. The lowest BCUT2D eigenvalue weighted by atomic mass is 10.2. The first kappa shape index (κ1) is 16.1. The average molecular weight is 204 g/mol. The molecule has 0 amide bonds. The molecule has 0 saturated heterocycles. The van der Waals surface area contributed by atoms with Crippen molar-refractivity contribution in [3.8, 4) is 0 Å². The van der Waals surface area contributed by atoms with Gasteiger partial charge >= 0.3 is 0 Å². The Balaban J connectivity index is 0. The predicted octanol–water partition coefficient (Wildman–Crippen LogP) is 5.16. The zero-order valence-corrected chi connectivity index (χ0v) is 10.2. The van der Waals surface area contributed by atoms with E-state index in [1.165, 1.54) is 24.8 Å². The van der Waals surface area contributed by atoms with Gasteiger partial charge in [0.05, 0.1) is 0 Å². The summed E-state index contributed by atoms with van der Waals surface area (Å²) in [7, 11) is 0. The van der Waals surface area contributed by atoms with Crippen molar-refractivity contribution < 1.29 is 0 Å². The maximum Gasteiger partial charge on any atom is -0.0354 e. The fourth-order valence-electron chi connectivity index (χ4n) is 0.883. The lowest BCUT2D eigenvalue weighted by Gasteiger charge is -1.82. The normalized spacial score (nSPS) is 7.60. The number of rotatable bonds is 3. The highest BCUT2D eigenvalue weighted by Crippen LogP contribution is 1.92. The molecule has 0 unspecified atom stereocenters. The average Bonchev–Trinajstić information content (AvgIpc) is 2.31. The molecule has 0 radical (unpaired) electrons. The summed E-state index contributed by atoms with van der Waals surface area (Å²) in [5.74, 6) is 0. The van der Waals surface area contributed by atoms with E-state index < -0.39 is 0 Å². The number of benzene rings is 1. The van der Waals surface area contributed by atoms with E-state index in [0.717, 1.165) is 0 Å². The molecule has 0 nitrogen and oxygen atoms in total. The van der Waals surface area contributed by atoms with Gasteiger partial charge in [0.25, 0.3) is 0 Å². The van der Waals surface area contributed by atoms with Crippen molar-refractivity contribution in [3.63, 3.8) is 0 Å². The van der Waals surface area contributed by atoms with Crippen molar-refractivity contribution in [3.05, 3.63) is 61.7 Å². The molecular formula is C15H24. The molecule has 0 aliphatic carbocycles. The van der Waals surface area contributed by atoms with Crippen molar-refractivity contribution in [2.75, 3.05) is 0 Å². The minimum Gasteiger partial charge on any atom is -0.106 e. The third kappa shape index (κ3) is 15.5. The molecule has 0 aliphatic rings. The Morgan fingerprint density at radius 3 is 1.87 bits per heavy atom. The van der Waals surface area contributed by atoms with Gasteiger partial charge in [-0.3, -0.25) is 0 Å². The lowest BCUT2D eigenvalue weighted by molar-refractivity contribution is 0.816. The number of hydrogen-bond donors (Lipinski definition) is 0. The first-order chi connectivity index (χ1) is 7.31. The van der Waals surface area contributed by atoms with Crippen LogP contribution >= 0.6 is 0 Å². The second kappa shape index (κ2) is 15.2. The van der Waals surface area contributed by atoms with Gasteiger partial charge in [0, 0.05) is 0 Å². The second-order valence-corrected chi connectivity index (χ2v) is 3.09. The molecule has 0 N–H and O–H groups in total. The van der Waals surface area contributed by atoms with Crippen LogP contribution in [0, 0.1) is 6.92 Å². The molecule has 0 atom stereocenters. The summed E-state index contributed by atoms with van der Waals surface area (Å²) in [5.41, 5.74) is 1.32. The molecular weight excluding hydrogens is 180 g/mol. The van der Waals surface area contributed by atoms with Crippen LogP contribution in [0.2, 0.25) is 0 Å². The predicted molar refractivity (Wildman–Crippen MR) is 72.2 cm³/mol. The SMILES string of the molecule is C=C.C=CCCCC.Cc1ccccc1. The molecule has 15 heavy (non-hydrogen) atoms. The van der Waals surface area contributed by atoms with Crippen LogP contribution in [-0.2, 0) is 0 Å². The zero-order valence-electron chi connectivity index (χ0n) is 10.2. The van der Waals surface area contributed by atoms with Gasteiger partial charge in [0.1, 0.15) is 0 Å². The van der Waals surface area contributed by atoms with Gasteiger partial charge in [-0.2, -0.15) is 0 Å². The molecule has 1 aromatic rings. The van der Waals surface area contributed by atoms with Crippen LogP contribution in [-0.4, -0.2) is 0 Å². The monoisotopic (exact) mass is 204 g/mol. The van der Waals surface area contributed by atoms with E-state index in [9.17, 15) is 0 Å². The van der Waals surface area contributed by atoms with Crippen LogP contribution in [0.3, 0.4) is 0 Å². The largest absolute Gasteiger partial charge is 0.106 e. The summed E-state index contributed by atoms with van der Waals surface area (Å²) in [6, 6.07) is 10.3. The van der Waals surface area contributed by atoms with Gasteiger partial charge in [-0.25, -0.2) is 0 Å². The fraction of sp³-hybridized carbons (Fsp3) is 0.333. The topological polar surface area (TPSA) is 0 Å². The highest BCUT2D eigenvalue weighted by molar-refractivity contribution is 5.11. The number of hydrogen-bond acceptors (Lipinski definition) is 0. The highest BCUT2D eigenvalue weighted by Gasteiger charge is 1.72. The van der Waals surface area contributed by atoms with Crippen LogP contribution in [0.1, 0.15) is 31.7 Å². The molecule has 0 spiro atoms. The number of aryl methyl sites for hydroxylation is 1. The fourth-order valence-corrected chi connectivity index (χ4v) is 0.883. The Morgan fingerprint density at radius 2 is 1.67 bits per heavy atom. The van der Waals surface area contributed by atoms with Crippen LogP contribution in [0.4, 0.5) is 0 Å². The van der Waals surface area contributed by atoms with Crippen molar-refractivity contribution in [1.82, 2.24) is 0 Å². The maximum absolute atomic E-state index is 3.60. The van der Waals surface area contributed by atoms with E-state index in [0.29, 0.717) is 0 Å². The van der Waals surface area contributed by atoms with Gasteiger partial charge in [0.15, 0.2) is 0 Å². The van der Waals surface area contributed by atoms with E-state index in [1.54, 1.807) is 0 Å². The van der Waals surface area contributed by atoms with Gasteiger partial charge in [0.2, 0.25) is 0 Å². The number of allylic oxidation sites excluding steroid dienone is 1. The van der Waals surface area contributed by atoms with E-state index in [1.807, 2.05) is 24.3 Å². The molecule has 0 heterocycles. The zero-order chi connectivity index (χ0) is 11.9. The molecule has 0 aromatic heterocycles. The standard InChI is InChI=1S/C7H8.C6H12.C2H4/c1-7-5-3-2-4-6-7;1-3-5-6-4-2;1-2/h2-6H,1H3;3H,1,4-6H2,2H3;1-2H2. The van der Waals surface area contributed by atoms with Crippen molar-refractivity contribution in [1.29, 1.82) is 0 Å². The molecule has 0 fully saturated rings. The smallest absolute Gasteiger partial charge is 0.0354 e. The third-order valence-corrected chi connectivity index (χ3v) is 1.70. The molecule has 84 valence electrons. The third-order valence-electron chi connectivity index (χ3n) is 1.70. The molecule has 0 bridgehead atoms. The summed E-state index contributed by atoms with van der Waals surface area (Å²) in [6.45, 7) is 13.9. The maximum atomic E-state index is 3.60. The molecule has 0 aliphatic heterocycles. The summed E-state index contributed by atoms with van der Waals surface area (Å²) in [6.07, 6.45) is 5.72. The Labute approximate surface area is 95.3 Å². The van der Waals surface area contributed by atoms with Gasteiger partial charge < -0.3 is 0 Å².